The topological polar surface area (TPSA) is 36.4 Å². The Morgan fingerprint density at radius 3 is 2.12 bits per heavy atom. The Kier molecular flexibility index (Phi) is 6.23. The van der Waals surface area contributed by atoms with Crippen molar-refractivity contribution in [1.82, 2.24) is 10.6 Å². The fourth-order valence-electron chi connectivity index (χ4n) is 0.996. The van der Waals surface area contributed by atoms with Crippen LogP contribution in [0.25, 0.3) is 0 Å². The molecule has 0 radical (unpaired) electrons. The fourth-order valence-corrected chi connectivity index (χ4v) is 1.19. The molecule has 0 fully saturated rings. The SMILES string of the molecule is CCNC(=NCC(C)(C)SC)NC(C)(C)C. The van der Waals surface area contributed by atoms with Crippen molar-refractivity contribution in [3.05, 3.63) is 0 Å². The summed E-state index contributed by atoms with van der Waals surface area (Å²) in [6, 6.07) is 0. The maximum atomic E-state index is 4.61. The molecule has 0 heterocycles. The number of nitrogens with one attached hydrogen (secondary N) is 2. The number of nitrogens with zero attached hydrogens (tertiary/aromatic N) is 1. The van der Waals surface area contributed by atoms with Crippen LogP contribution in [0.3, 0.4) is 0 Å². The van der Waals surface area contributed by atoms with Crippen molar-refractivity contribution in [2.75, 3.05) is 19.3 Å². The molecule has 4 heteroatoms. The van der Waals surface area contributed by atoms with Gasteiger partial charge in [-0.1, -0.05) is 0 Å². The van der Waals surface area contributed by atoms with Crippen molar-refractivity contribution in [3.63, 3.8) is 0 Å². The zero-order chi connectivity index (χ0) is 12.8. The second-order valence-electron chi connectivity index (χ2n) is 5.53. The third-order valence-electron chi connectivity index (χ3n) is 2.01. The van der Waals surface area contributed by atoms with Crippen molar-refractivity contribution in [1.29, 1.82) is 0 Å². The van der Waals surface area contributed by atoms with Gasteiger partial charge in [0.05, 0.1) is 6.54 Å². The Hall–Kier alpha value is -0.380. The number of hydrogen-bond acceptors (Lipinski definition) is 2. The average Bonchev–Trinajstić information content (AvgIpc) is 2.13. The second kappa shape index (κ2) is 6.38. The Labute approximate surface area is 105 Å². The molecule has 0 saturated carbocycles. The molecule has 0 aromatic heterocycles. The fraction of sp³-hybridized carbons (Fsp3) is 0.917. The van der Waals surface area contributed by atoms with Gasteiger partial charge in [0.1, 0.15) is 0 Å². The lowest BCUT2D eigenvalue weighted by Gasteiger charge is -2.25. The zero-order valence-corrected chi connectivity index (χ0v) is 12.6. The molecule has 0 atom stereocenters. The molecule has 0 aromatic carbocycles. The smallest absolute Gasteiger partial charge is 0.191 e. The summed E-state index contributed by atoms with van der Waals surface area (Å²) in [7, 11) is 0. The molecule has 2 N–H and O–H groups in total. The Bertz CT molecular complexity index is 229. The van der Waals surface area contributed by atoms with Gasteiger partial charge < -0.3 is 10.6 Å². The van der Waals surface area contributed by atoms with E-state index in [1.165, 1.54) is 0 Å². The summed E-state index contributed by atoms with van der Waals surface area (Å²) in [5, 5.41) is 6.65. The average molecular weight is 245 g/mol. The van der Waals surface area contributed by atoms with Gasteiger partial charge in [0, 0.05) is 16.8 Å². The van der Waals surface area contributed by atoms with E-state index in [1.54, 1.807) is 0 Å². The van der Waals surface area contributed by atoms with E-state index in [-0.39, 0.29) is 10.3 Å². The van der Waals surface area contributed by atoms with Crippen LogP contribution in [0.5, 0.6) is 0 Å². The van der Waals surface area contributed by atoms with Crippen molar-refractivity contribution < 1.29 is 0 Å². The van der Waals surface area contributed by atoms with Gasteiger partial charge in [-0.25, -0.2) is 0 Å². The molecule has 0 aliphatic heterocycles. The molecule has 0 amide bonds. The standard InChI is InChI=1S/C12H27N3S/c1-8-13-10(15-11(2,3)4)14-9-12(5,6)16-7/h8-9H2,1-7H3,(H2,13,14,15). The third kappa shape index (κ3) is 7.85. The maximum absolute atomic E-state index is 4.61. The van der Waals surface area contributed by atoms with Gasteiger partial charge >= 0.3 is 0 Å². The highest BCUT2D eigenvalue weighted by Gasteiger charge is 2.17. The first kappa shape index (κ1) is 15.6. The lowest BCUT2D eigenvalue weighted by Crippen LogP contribution is -2.48. The number of guanidine groups is 1. The van der Waals surface area contributed by atoms with E-state index < -0.39 is 0 Å². The molecular formula is C12H27N3S. The lowest BCUT2D eigenvalue weighted by atomic mass is 10.1. The predicted molar refractivity (Wildman–Crippen MR) is 76.5 cm³/mol. The minimum absolute atomic E-state index is 0.0461. The van der Waals surface area contributed by atoms with Crippen molar-refractivity contribution in [3.8, 4) is 0 Å². The summed E-state index contributed by atoms with van der Waals surface area (Å²) in [6.07, 6.45) is 2.12. The van der Waals surface area contributed by atoms with Gasteiger partial charge in [-0.3, -0.25) is 4.99 Å². The van der Waals surface area contributed by atoms with E-state index in [0.29, 0.717) is 0 Å². The van der Waals surface area contributed by atoms with E-state index in [0.717, 1.165) is 19.0 Å². The molecule has 16 heavy (non-hydrogen) atoms. The highest BCUT2D eigenvalue weighted by Crippen LogP contribution is 2.20. The van der Waals surface area contributed by atoms with Gasteiger partial charge in [-0.15, -0.1) is 0 Å². The highest BCUT2D eigenvalue weighted by molar-refractivity contribution is 7.99. The van der Waals surface area contributed by atoms with Crippen LogP contribution in [0.15, 0.2) is 4.99 Å². The molecule has 0 saturated heterocycles. The summed E-state index contributed by atoms with van der Waals surface area (Å²) in [5.74, 6) is 0.900. The Morgan fingerprint density at radius 2 is 1.75 bits per heavy atom. The van der Waals surface area contributed by atoms with Crippen molar-refractivity contribution in [2.45, 2.75) is 51.8 Å². The van der Waals surface area contributed by atoms with Crippen molar-refractivity contribution >= 4 is 17.7 Å². The summed E-state index contributed by atoms with van der Waals surface area (Å²) < 4.78 is 0.195. The van der Waals surface area contributed by atoms with E-state index >= 15 is 0 Å². The van der Waals surface area contributed by atoms with Crippen LogP contribution in [0.4, 0.5) is 0 Å². The number of thioether (sulfide) groups is 1. The summed E-state index contributed by atoms with van der Waals surface area (Å²) in [6.45, 7) is 14.6. The third-order valence-corrected chi connectivity index (χ3v) is 3.24. The molecule has 0 aliphatic carbocycles. The summed E-state index contributed by atoms with van der Waals surface area (Å²) in [4.78, 5) is 4.61. The monoisotopic (exact) mass is 245 g/mol. The summed E-state index contributed by atoms with van der Waals surface area (Å²) in [5.41, 5.74) is 0.0461. The van der Waals surface area contributed by atoms with Gasteiger partial charge in [0.15, 0.2) is 5.96 Å². The first-order valence-electron chi connectivity index (χ1n) is 5.82. The van der Waals surface area contributed by atoms with Gasteiger partial charge in [-0.2, -0.15) is 11.8 Å². The first-order chi connectivity index (χ1) is 7.20. The minimum atomic E-state index is 0.0461. The normalized spacial score (nSPS) is 13.8. The molecule has 96 valence electrons. The van der Waals surface area contributed by atoms with Gasteiger partial charge in [0.25, 0.3) is 0 Å². The largest absolute Gasteiger partial charge is 0.357 e. The van der Waals surface area contributed by atoms with E-state index in [2.05, 4.69) is 63.4 Å². The van der Waals surface area contributed by atoms with Crippen LogP contribution in [-0.4, -0.2) is 35.6 Å². The van der Waals surface area contributed by atoms with Crippen LogP contribution >= 0.6 is 11.8 Å². The van der Waals surface area contributed by atoms with Gasteiger partial charge in [0.2, 0.25) is 0 Å². The number of rotatable bonds is 4. The maximum Gasteiger partial charge on any atom is 0.191 e. The minimum Gasteiger partial charge on any atom is -0.357 e. The molecule has 0 aliphatic rings. The quantitative estimate of drug-likeness (QED) is 0.590. The van der Waals surface area contributed by atoms with Crippen LogP contribution in [-0.2, 0) is 0 Å². The second-order valence-corrected chi connectivity index (χ2v) is 7.05. The van der Waals surface area contributed by atoms with Crippen LogP contribution in [0.1, 0.15) is 41.5 Å². The van der Waals surface area contributed by atoms with Crippen LogP contribution in [0, 0.1) is 0 Å². The van der Waals surface area contributed by atoms with Crippen LogP contribution < -0.4 is 10.6 Å². The molecule has 0 rings (SSSR count). The summed E-state index contributed by atoms with van der Waals surface area (Å²) >= 11 is 1.84. The highest BCUT2D eigenvalue weighted by atomic mass is 32.2. The molecule has 3 nitrogen and oxygen atoms in total. The van der Waals surface area contributed by atoms with Crippen molar-refractivity contribution in [2.24, 2.45) is 4.99 Å². The number of aliphatic imine (C=N–C) groups is 1. The molecule has 0 spiro atoms. The number of hydrogen-bond donors (Lipinski definition) is 2. The zero-order valence-electron chi connectivity index (χ0n) is 11.8. The Balaban J connectivity index is 4.47. The van der Waals surface area contributed by atoms with Gasteiger partial charge in [-0.05, 0) is 47.8 Å². The molecule has 0 unspecified atom stereocenters. The lowest BCUT2D eigenvalue weighted by molar-refractivity contribution is 0.500. The molecular weight excluding hydrogens is 218 g/mol. The van der Waals surface area contributed by atoms with E-state index in [9.17, 15) is 0 Å². The first-order valence-corrected chi connectivity index (χ1v) is 7.04. The van der Waals surface area contributed by atoms with E-state index in [4.69, 9.17) is 0 Å². The predicted octanol–water partition coefficient (Wildman–Crippen LogP) is 2.48. The van der Waals surface area contributed by atoms with Crippen LogP contribution in [0.2, 0.25) is 0 Å². The molecule has 0 bridgehead atoms. The van der Waals surface area contributed by atoms with E-state index in [1.807, 2.05) is 11.8 Å². The Morgan fingerprint density at radius 1 is 1.19 bits per heavy atom. The molecule has 0 aromatic rings.